The minimum Gasteiger partial charge on any atom is -0.197 e. The Bertz CT molecular complexity index is 369. The van der Waals surface area contributed by atoms with Crippen LogP contribution in [0.25, 0.3) is 0 Å². The highest BCUT2D eigenvalue weighted by molar-refractivity contribution is 9.10. The van der Waals surface area contributed by atoms with Crippen LogP contribution in [-0.2, 0) is 21.1 Å². The quantitative estimate of drug-likeness (QED) is 0.835. The van der Waals surface area contributed by atoms with E-state index in [1.54, 1.807) is 12.1 Å². The Kier molecular flexibility index (Phi) is 3.47. The smallest absolute Gasteiger partial charge is 0.197 e. The first-order valence-corrected chi connectivity index (χ1v) is 6.02. The molecule has 0 spiro atoms. The molecule has 0 bridgehead atoms. The molecule has 1 aromatic carbocycles. The highest BCUT2D eigenvalue weighted by Gasteiger charge is 2.06. The fourth-order valence-electron chi connectivity index (χ4n) is 0.894. The lowest BCUT2D eigenvalue weighted by Crippen LogP contribution is -2.04. The van der Waals surface area contributed by atoms with Crippen molar-refractivity contribution in [2.75, 3.05) is 5.75 Å². The molecular weight excluding hydrogens is 256 g/mol. The van der Waals surface area contributed by atoms with Gasteiger partial charge in [-0.2, -0.15) is 8.42 Å². The van der Waals surface area contributed by atoms with E-state index in [-0.39, 0.29) is 12.2 Å². The van der Waals surface area contributed by atoms with E-state index in [2.05, 4.69) is 15.9 Å². The van der Waals surface area contributed by atoms with Crippen LogP contribution in [0.15, 0.2) is 28.7 Å². The van der Waals surface area contributed by atoms with Crippen LogP contribution in [0.5, 0.6) is 0 Å². The fraction of sp³-hybridized carbons (Fsp3) is 0.250. The van der Waals surface area contributed by atoms with Gasteiger partial charge in [-0.15, -0.1) is 0 Å². The molecule has 0 amide bonds. The fourth-order valence-corrected chi connectivity index (χ4v) is 1.64. The molecule has 1 radical (unpaired) electrons. The van der Waals surface area contributed by atoms with Gasteiger partial charge in [0.15, 0.2) is 0 Å². The third-order valence-electron chi connectivity index (χ3n) is 1.55. The highest BCUT2D eigenvalue weighted by Crippen LogP contribution is 2.11. The van der Waals surface area contributed by atoms with Crippen molar-refractivity contribution in [3.8, 4) is 0 Å². The maximum atomic E-state index is 10.3. The Labute approximate surface area is 85.7 Å². The largest absolute Gasteiger partial charge is 0.294 e. The van der Waals surface area contributed by atoms with Gasteiger partial charge in [0.2, 0.25) is 0 Å². The second-order valence-corrected chi connectivity index (χ2v) is 5.08. The molecule has 71 valence electrons. The van der Waals surface area contributed by atoms with Gasteiger partial charge >= 0.3 is 0 Å². The van der Waals surface area contributed by atoms with Gasteiger partial charge in [-0.05, 0) is 24.1 Å². The zero-order chi connectivity index (χ0) is 9.90. The molecule has 13 heavy (non-hydrogen) atoms. The molecule has 0 unspecified atom stereocenters. The summed E-state index contributed by atoms with van der Waals surface area (Å²) in [7, 11) is -4.09. The number of hydrogen-bond acceptors (Lipinski definition) is 2. The number of hydrogen-bond donors (Lipinski definition) is 0. The van der Waals surface area contributed by atoms with Crippen LogP contribution in [-0.4, -0.2) is 14.2 Å². The molecule has 1 aromatic rings. The molecule has 5 heteroatoms. The zero-order valence-corrected chi connectivity index (χ0v) is 9.14. The monoisotopic (exact) mass is 263 g/mol. The summed E-state index contributed by atoms with van der Waals surface area (Å²) in [6.45, 7) is 0. The van der Waals surface area contributed by atoms with E-state index in [0.29, 0.717) is 0 Å². The average molecular weight is 264 g/mol. The van der Waals surface area contributed by atoms with Crippen molar-refractivity contribution in [1.29, 1.82) is 0 Å². The molecule has 0 N–H and O–H groups in total. The molecule has 0 saturated heterocycles. The SMILES string of the molecule is [O]S(=O)(=O)CCc1ccc(Br)cc1. The van der Waals surface area contributed by atoms with Gasteiger partial charge in [0.25, 0.3) is 10.1 Å². The van der Waals surface area contributed by atoms with E-state index in [1.165, 1.54) is 0 Å². The van der Waals surface area contributed by atoms with Gasteiger partial charge in [-0.1, -0.05) is 32.6 Å². The molecule has 0 saturated carbocycles. The van der Waals surface area contributed by atoms with Gasteiger partial charge in [0, 0.05) is 4.47 Å². The van der Waals surface area contributed by atoms with Crippen LogP contribution in [0.3, 0.4) is 0 Å². The maximum Gasteiger partial charge on any atom is 0.294 e. The summed E-state index contributed by atoms with van der Waals surface area (Å²) in [5, 5.41) is 0. The first kappa shape index (κ1) is 10.7. The van der Waals surface area contributed by atoms with E-state index in [9.17, 15) is 13.0 Å². The molecule has 0 heterocycles. The van der Waals surface area contributed by atoms with Crippen molar-refractivity contribution in [2.45, 2.75) is 6.42 Å². The molecule has 1 rings (SSSR count). The van der Waals surface area contributed by atoms with Crippen molar-refractivity contribution < 1.29 is 13.0 Å². The van der Waals surface area contributed by atoms with Crippen molar-refractivity contribution in [3.63, 3.8) is 0 Å². The van der Waals surface area contributed by atoms with E-state index in [0.717, 1.165) is 10.0 Å². The first-order chi connectivity index (χ1) is 5.97. The molecule has 0 atom stereocenters. The van der Waals surface area contributed by atoms with Crippen LogP contribution in [0.1, 0.15) is 5.56 Å². The summed E-state index contributed by atoms with van der Waals surface area (Å²) >= 11 is 3.26. The number of halogens is 1. The first-order valence-electron chi connectivity index (χ1n) is 3.65. The Morgan fingerprint density at radius 2 is 1.69 bits per heavy atom. The number of aryl methyl sites for hydroxylation is 1. The standard InChI is InChI=1S/C8H8BrO3S/c9-8-3-1-7(2-4-8)5-6-13(10,11)12/h1-4H,5-6H2. The number of rotatable bonds is 3. The summed E-state index contributed by atoms with van der Waals surface area (Å²) in [6, 6.07) is 7.20. The Balaban J connectivity index is 2.61. The summed E-state index contributed by atoms with van der Waals surface area (Å²) in [5.41, 5.74) is 0.850. The summed E-state index contributed by atoms with van der Waals surface area (Å²) in [5.74, 6) is -0.339. The van der Waals surface area contributed by atoms with Crippen molar-refractivity contribution in [1.82, 2.24) is 0 Å². The van der Waals surface area contributed by atoms with Gasteiger partial charge in [-0.25, -0.2) is 0 Å². The normalized spacial score (nSPS) is 11.5. The third-order valence-corrected chi connectivity index (χ3v) is 2.79. The highest BCUT2D eigenvalue weighted by atomic mass is 79.9. The van der Waals surface area contributed by atoms with Crippen LogP contribution in [0.2, 0.25) is 0 Å². The second kappa shape index (κ2) is 4.21. The predicted octanol–water partition coefficient (Wildman–Crippen LogP) is 1.75. The zero-order valence-electron chi connectivity index (χ0n) is 6.73. The van der Waals surface area contributed by atoms with Crippen molar-refractivity contribution >= 4 is 26.0 Å². The van der Waals surface area contributed by atoms with Crippen LogP contribution in [0.4, 0.5) is 0 Å². The molecule has 0 aliphatic heterocycles. The van der Waals surface area contributed by atoms with Crippen molar-refractivity contribution in [2.24, 2.45) is 0 Å². The molecule has 0 fully saturated rings. The molecule has 3 nitrogen and oxygen atoms in total. The van der Waals surface area contributed by atoms with Crippen molar-refractivity contribution in [3.05, 3.63) is 34.3 Å². The summed E-state index contributed by atoms with van der Waals surface area (Å²) < 4.78 is 31.9. The third kappa shape index (κ3) is 4.40. The van der Waals surface area contributed by atoms with Crippen LogP contribution >= 0.6 is 15.9 Å². The van der Waals surface area contributed by atoms with Gasteiger partial charge in [0.05, 0.1) is 5.75 Å². The lowest BCUT2D eigenvalue weighted by atomic mass is 10.2. The van der Waals surface area contributed by atoms with E-state index < -0.39 is 10.1 Å². The van der Waals surface area contributed by atoms with E-state index in [4.69, 9.17) is 0 Å². The molecular formula is C8H8BrO3S. The maximum absolute atomic E-state index is 10.3. The predicted molar refractivity (Wildman–Crippen MR) is 52.3 cm³/mol. The average Bonchev–Trinajstić information content (AvgIpc) is 2.02. The Morgan fingerprint density at radius 3 is 2.15 bits per heavy atom. The van der Waals surface area contributed by atoms with Gasteiger partial charge in [-0.3, -0.25) is 0 Å². The Morgan fingerprint density at radius 1 is 1.15 bits per heavy atom. The Hall–Kier alpha value is -0.390. The molecule has 0 aliphatic rings. The summed E-state index contributed by atoms with van der Waals surface area (Å²) in [6.07, 6.45) is 0.277. The number of benzene rings is 1. The van der Waals surface area contributed by atoms with E-state index in [1.807, 2.05) is 12.1 Å². The van der Waals surface area contributed by atoms with Gasteiger partial charge in [0.1, 0.15) is 0 Å². The lowest BCUT2D eigenvalue weighted by Gasteiger charge is -1.98. The van der Waals surface area contributed by atoms with E-state index >= 15 is 0 Å². The second-order valence-electron chi connectivity index (χ2n) is 2.64. The topological polar surface area (TPSA) is 54.0 Å². The molecule has 0 aromatic heterocycles. The molecule has 0 aliphatic carbocycles. The summed E-state index contributed by atoms with van der Waals surface area (Å²) in [4.78, 5) is 0. The van der Waals surface area contributed by atoms with Crippen LogP contribution in [0, 0.1) is 0 Å². The van der Waals surface area contributed by atoms with Gasteiger partial charge < -0.3 is 0 Å². The van der Waals surface area contributed by atoms with Crippen LogP contribution < -0.4 is 0 Å². The minimum absolute atomic E-state index is 0.277. The lowest BCUT2D eigenvalue weighted by molar-refractivity contribution is 0.414. The minimum atomic E-state index is -4.09.